The first kappa shape index (κ1) is 17.4. The fraction of sp³-hybridized carbons (Fsp3) is 0.643. The van der Waals surface area contributed by atoms with Gasteiger partial charge < -0.3 is 10.2 Å². The smallest absolute Gasteiger partial charge is 0.265 e. The third kappa shape index (κ3) is 3.51. The van der Waals surface area contributed by atoms with Crippen LogP contribution in [0.3, 0.4) is 0 Å². The monoisotopic (exact) mass is 345 g/mol. The lowest BCUT2D eigenvalue weighted by atomic mass is 9.97. The molecule has 0 unspecified atom stereocenters. The molecule has 8 heteroatoms. The summed E-state index contributed by atoms with van der Waals surface area (Å²) in [6.07, 6.45) is 1.90. The lowest BCUT2D eigenvalue weighted by molar-refractivity contribution is 0.0692. The highest BCUT2D eigenvalue weighted by molar-refractivity contribution is 7.89. The highest BCUT2D eigenvalue weighted by Gasteiger charge is 2.30. The van der Waals surface area contributed by atoms with Crippen molar-refractivity contribution in [2.24, 2.45) is 5.92 Å². The molecule has 0 aromatic carbocycles. The Morgan fingerprint density at radius 1 is 1.41 bits per heavy atom. The lowest BCUT2D eigenvalue weighted by Gasteiger charge is -2.32. The summed E-state index contributed by atoms with van der Waals surface area (Å²) in [5, 5.41) is 4.83. The number of amides is 1. The van der Waals surface area contributed by atoms with Crippen molar-refractivity contribution in [2.45, 2.75) is 17.7 Å². The van der Waals surface area contributed by atoms with Gasteiger partial charge in [-0.05, 0) is 43.8 Å². The minimum atomic E-state index is -3.58. The molecule has 1 fully saturated rings. The van der Waals surface area contributed by atoms with Gasteiger partial charge in [-0.2, -0.15) is 0 Å². The van der Waals surface area contributed by atoms with Gasteiger partial charge in [0.15, 0.2) is 0 Å². The molecule has 1 N–H and O–H groups in total. The molecule has 0 atom stereocenters. The number of carbonyl (C=O) groups is 1. The van der Waals surface area contributed by atoms with E-state index in [1.54, 1.807) is 10.3 Å². The largest absolute Gasteiger partial charge is 0.338 e. The molecule has 2 heterocycles. The van der Waals surface area contributed by atoms with Crippen LogP contribution in [0.2, 0.25) is 0 Å². The molecule has 0 radical (unpaired) electrons. The molecule has 1 aliphatic heterocycles. The average molecular weight is 345 g/mol. The first-order valence-electron chi connectivity index (χ1n) is 7.31. The number of nitrogens with one attached hydrogen (secondary N) is 1. The summed E-state index contributed by atoms with van der Waals surface area (Å²) in [6.45, 7) is 2.33. The van der Waals surface area contributed by atoms with Crippen LogP contribution in [0, 0.1) is 5.92 Å². The standard InChI is InChI=1S/C14H23N3O3S2/c1-15-10-11-4-7-17(8-5-11)14(18)13-12(6-9-21-13)22(19,20)16(2)3/h6,9,11,15H,4-5,7-8,10H2,1-3H3. The third-order valence-electron chi connectivity index (χ3n) is 3.98. The van der Waals surface area contributed by atoms with E-state index < -0.39 is 10.0 Å². The number of thiophene rings is 1. The second kappa shape index (κ2) is 7.08. The Kier molecular flexibility index (Phi) is 5.60. The molecule has 0 spiro atoms. The number of carbonyl (C=O) groups excluding carboxylic acids is 1. The van der Waals surface area contributed by atoms with Gasteiger partial charge in [-0.15, -0.1) is 11.3 Å². The molecule has 1 aliphatic rings. The van der Waals surface area contributed by atoms with E-state index in [0.717, 1.165) is 23.7 Å². The van der Waals surface area contributed by atoms with Gasteiger partial charge in [0.1, 0.15) is 9.77 Å². The number of likely N-dealkylation sites (tertiary alicyclic amines) is 1. The Labute approximate surface area is 136 Å². The molecule has 22 heavy (non-hydrogen) atoms. The number of hydrogen-bond acceptors (Lipinski definition) is 5. The van der Waals surface area contributed by atoms with Gasteiger partial charge in [0, 0.05) is 27.2 Å². The molecular weight excluding hydrogens is 322 g/mol. The Morgan fingerprint density at radius 2 is 2.05 bits per heavy atom. The van der Waals surface area contributed by atoms with Crippen LogP contribution in [0.15, 0.2) is 16.3 Å². The topological polar surface area (TPSA) is 69.7 Å². The van der Waals surface area contributed by atoms with Crippen molar-refractivity contribution in [2.75, 3.05) is 40.8 Å². The molecule has 0 bridgehead atoms. The molecule has 1 amide bonds. The third-order valence-corrected chi connectivity index (χ3v) is 6.87. The van der Waals surface area contributed by atoms with Crippen molar-refractivity contribution in [3.63, 3.8) is 0 Å². The summed E-state index contributed by atoms with van der Waals surface area (Å²) in [5.41, 5.74) is 0. The van der Waals surface area contributed by atoms with Crippen LogP contribution in [0.1, 0.15) is 22.5 Å². The Hall–Kier alpha value is -0.960. The molecular formula is C14H23N3O3S2. The fourth-order valence-corrected chi connectivity index (χ4v) is 4.88. The van der Waals surface area contributed by atoms with Crippen molar-refractivity contribution >= 4 is 27.3 Å². The fourth-order valence-electron chi connectivity index (χ4n) is 2.63. The molecule has 0 saturated carbocycles. The minimum absolute atomic E-state index is 0.116. The molecule has 6 nitrogen and oxygen atoms in total. The van der Waals surface area contributed by atoms with Crippen molar-refractivity contribution in [3.05, 3.63) is 16.3 Å². The van der Waals surface area contributed by atoms with Crippen LogP contribution in [0.4, 0.5) is 0 Å². The first-order valence-corrected chi connectivity index (χ1v) is 9.63. The SMILES string of the molecule is CNCC1CCN(C(=O)c2sccc2S(=O)(=O)N(C)C)CC1. The second-order valence-corrected chi connectivity index (χ2v) is 8.73. The second-order valence-electron chi connectivity index (χ2n) is 5.69. The van der Waals surface area contributed by atoms with E-state index in [4.69, 9.17) is 0 Å². The normalized spacial score (nSPS) is 17.2. The highest BCUT2D eigenvalue weighted by Crippen LogP contribution is 2.27. The maximum Gasteiger partial charge on any atom is 0.265 e. The Morgan fingerprint density at radius 3 is 2.59 bits per heavy atom. The van der Waals surface area contributed by atoms with Gasteiger partial charge in [0.2, 0.25) is 10.0 Å². The summed E-state index contributed by atoms with van der Waals surface area (Å²) in [6, 6.07) is 1.51. The first-order chi connectivity index (χ1) is 10.4. The van der Waals surface area contributed by atoms with Gasteiger partial charge in [0.25, 0.3) is 5.91 Å². The molecule has 1 aromatic heterocycles. The molecule has 1 saturated heterocycles. The Balaban J connectivity index is 2.14. The number of nitrogens with zero attached hydrogens (tertiary/aromatic N) is 2. The summed E-state index contributed by atoms with van der Waals surface area (Å²) in [4.78, 5) is 14.9. The van der Waals surface area contributed by atoms with Crippen LogP contribution in [0.25, 0.3) is 0 Å². The molecule has 124 valence electrons. The predicted octanol–water partition coefficient (Wildman–Crippen LogP) is 1.07. The molecule has 2 rings (SSSR count). The van der Waals surface area contributed by atoms with Crippen molar-refractivity contribution in [1.29, 1.82) is 0 Å². The summed E-state index contributed by atoms with van der Waals surface area (Å²) >= 11 is 1.20. The van der Waals surface area contributed by atoms with E-state index in [9.17, 15) is 13.2 Å². The number of sulfonamides is 1. The van der Waals surface area contributed by atoms with Crippen LogP contribution >= 0.6 is 11.3 Å². The summed E-state index contributed by atoms with van der Waals surface area (Å²) in [7, 11) is 1.30. The minimum Gasteiger partial charge on any atom is -0.338 e. The van der Waals surface area contributed by atoms with E-state index in [1.165, 1.54) is 31.5 Å². The van der Waals surface area contributed by atoms with Gasteiger partial charge in [-0.25, -0.2) is 12.7 Å². The van der Waals surface area contributed by atoms with Gasteiger partial charge in [-0.1, -0.05) is 0 Å². The number of hydrogen-bond donors (Lipinski definition) is 1. The van der Waals surface area contributed by atoms with Crippen molar-refractivity contribution < 1.29 is 13.2 Å². The summed E-state index contributed by atoms with van der Waals surface area (Å²) < 4.78 is 25.7. The number of rotatable bonds is 5. The van der Waals surface area contributed by atoms with Gasteiger partial charge in [0.05, 0.1) is 0 Å². The summed E-state index contributed by atoms with van der Waals surface area (Å²) in [5.74, 6) is 0.417. The van der Waals surface area contributed by atoms with Crippen molar-refractivity contribution in [1.82, 2.24) is 14.5 Å². The van der Waals surface area contributed by atoms with E-state index >= 15 is 0 Å². The molecule has 1 aromatic rings. The zero-order valence-electron chi connectivity index (χ0n) is 13.2. The maximum absolute atomic E-state index is 12.7. The van der Waals surface area contributed by atoms with E-state index in [0.29, 0.717) is 23.9 Å². The quantitative estimate of drug-likeness (QED) is 0.867. The van der Waals surface area contributed by atoms with Crippen LogP contribution in [0.5, 0.6) is 0 Å². The predicted molar refractivity (Wildman–Crippen MR) is 87.7 cm³/mol. The maximum atomic E-state index is 12.7. The van der Waals surface area contributed by atoms with Crippen LogP contribution < -0.4 is 5.32 Å². The van der Waals surface area contributed by atoms with Gasteiger partial charge >= 0.3 is 0 Å². The lowest BCUT2D eigenvalue weighted by Crippen LogP contribution is -2.40. The van der Waals surface area contributed by atoms with E-state index in [-0.39, 0.29) is 10.8 Å². The van der Waals surface area contributed by atoms with E-state index in [1.807, 2.05) is 7.05 Å². The number of piperidine rings is 1. The Bertz CT molecular complexity index is 617. The zero-order chi connectivity index (χ0) is 16.3. The molecule has 0 aliphatic carbocycles. The average Bonchev–Trinajstić information content (AvgIpc) is 2.97. The van der Waals surface area contributed by atoms with Crippen LogP contribution in [-0.4, -0.2) is 64.3 Å². The van der Waals surface area contributed by atoms with E-state index in [2.05, 4.69) is 5.32 Å². The van der Waals surface area contributed by atoms with Gasteiger partial charge in [-0.3, -0.25) is 4.79 Å². The zero-order valence-corrected chi connectivity index (χ0v) is 14.8. The highest BCUT2D eigenvalue weighted by atomic mass is 32.2. The van der Waals surface area contributed by atoms with Crippen LogP contribution in [-0.2, 0) is 10.0 Å². The van der Waals surface area contributed by atoms with Crippen molar-refractivity contribution in [3.8, 4) is 0 Å².